The number of nitrogens with one attached hydrogen (secondary N) is 1. The fraction of sp³-hybridized carbons (Fsp3) is 0.294. The van der Waals surface area contributed by atoms with Crippen LogP contribution < -0.4 is 10.1 Å². The van der Waals surface area contributed by atoms with E-state index >= 15 is 0 Å². The molecule has 1 N–H and O–H groups in total. The summed E-state index contributed by atoms with van der Waals surface area (Å²) in [5.41, 5.74) is 3.78. The van der Waals surface area contributed by atoms with E-state index in [0.717, 1.165) is 16.6 Å². The maximum Gasteiger partial charge on any atom is 0.119 e. The Morgan fingerprint density at radius 1 is 1.15 bits per heavy atom. The SMILES string of the molecule is CCc1ccc(C(NC)c2cc(OC)ccc2Br)cc1. The molecule has 0 bridgehead atoms. The van der Waals surface area contributed by atoms with Gasteiger partial charge in [-0.1, -0.05) is 47.1 Å². The first-order valence-corrected chi connectivity index (χ1v) is 7.58. The molecule has 0 amide bonds. The fourth-order valence-electron chi connectivity index (χ4n) is 2.32. The predicted octanol–water partition coefficient (Wildman–Crippen LogP) is 4.33. The third kappa shape index (κ3) is 3.22. The van der Waals surface area contributed by atoms with Crippen molar-refractivity contribution in [3.8, 4) is 5.75 Å². The van der Waals surface area contributed by atoms with Crippen LogP contribution in [0.1, 0.15) is 29.7 Å². The molecule has 1 unspecified atom stereocenters. The van der Waals surface area contributed by atoms with Crippen molar-refractivity contribution >= 4 is 15.9 Å². The molecule has 0 aliphatic carbocycles. The van der Waals surface area contributed by atoms with E-state index in [9.17, 15) is 0 Å². The first-order chi connectivity index (χ1) is 9.69. The Morgan fingerprint density at radius 2 is 1.85 bits per heavy atom. The van der Waals surface area contributed by atoms with Crippen LogP contribution in [0.5, 0.6) is 5.75 Å². The van der Waals surface area contributed by atoms with E-state index in [0.29, 0.717) is 0 Å². The summed E-state index contributed by atoms with van der Waals surface area (Å²) in [4.78, 5) is 0. The Morgan fingerprint density at radius 3 is 2.40 bits per heavy atom. The molecule has 0 heterocycles. The van der Waals surface area contributed by atoms with Crippen LogP contribution in [-0.4, -0.2) is 14.2 Å². The number of ether oxygens (including phenoxy) is 1. The summed E-state index contributed by atoms with van der Waals surface area (Å²) in [6.07, 6.45) is 1.06. The van der Waals surface area contributed by atoms with Gasteiger partial charge in [-0.2, -0.15) is 0 Å². The van der Waals surface area contributed by atoms with Gasteiger partial charge in [0.2, 0.25) is 0 Å². The van der Waals surface area contributed by atoms with Crippen molar-refractivity contribution in [1.82, 2.24) is 5.32 Å². The van der Waals surface area contributed by atoms with Gasteiger partial charge in [0.05, 0.1) is 13.2 Å². The predicted molar refractivity (Wildman–Crippen MR) is 87.4 cm³/mol. The lowest BCUT2D eigenvalue weighted by Crippen LogP contribution is -2.18. The number of benzene rings is 2. The van der Waals surface area contributed by atoms with Gasteiger partial charge in [0, 0.05) is 4.47 Å². The summed E-state index contributed by atoms with van der Waals surface area (Å²) < 4.78 is 6.41. The molecule has 2 aromatic carbocycles. The summed E-state index contributed by atoms with van der Waals surface area (Å²) in [6.45, 7) is 2.17. The molecule has 2 aromatic rings. The topological polar surface area (TPSA) is 21.3 Å². The van der Waals surface area contributed by atoms with Gasteiger partial charge in [-0.3, -0.25) is 0 Å². The number of hydrogen-bond acceptors (Lipinski definition) is 2. The highest BCUT2D eigenvalue weighted by Crippen LogP contribution is 2.31. The van der Waals surface area contributed by atoms with E-state index in [-0.39, 0.29) is 6.04 Å². The highest BCUT2D eigenvalue weighted by molar-refractivity contribution is 9.10. The minimum Gasteiger partial charge on any atom is -0.497 e. The van der Waals surface area contributed by atoms with Gasteiger partial charge < -0.3 is 10.1 Å². The van der Waals surface area contributed by atoms with Crippen molar-refractivity contribution in [3.63, 3.8) is 0 Å². The third-order valence-electron chi connectivity index (χ3n) is 3.52. The third-order valence-corrected chi connectivity index (χ3v) is 4.25. The molecule has 0 spiro atoms. The van der Waals surface area contributed by atoms with Crippen LogP contribution in [0.15, 0.2) is 46.9 Å². The molecule has 0 saturated heterocycles. The Balaban J connectivity index is 2.40. The first kappa shape index (κ1) is 15.1. The molecule has 2 nitrogen and oxygen atoms in total. The van der Waals surface area contributed by atoms with Crippen molar-refractivity contribution < 1.29 is 4.74 Å². The molecule has 0 aliphatic rings. The van der Waals surface area contributed by atoms with Crippen molar-refractivity contribution in [2.24, 2.45) is 0 Å². The second kappa shape index (κ2) is 6.91. The van der Waals surface area contributed by atoms with Gasteiger partial charge >= 0.3 is 0 Å². The minimum absolute atomic E-state index is 0.144. The van der Waals surface area contributed by atoms with Crippen LogP contribution in [0.25, 0.3) is 0 Å². The van der Waals surface area contributed by atoms with Crippen LogP contribution in [0, 0.1) is 0 Å². The monoisotopic (exact) mass is 333 g/mol. The van der Waals surface area contributed by atoms with Crippen LogP contribution in [0.4, 0.5) is 0 Å². The quantitative estimate of drug-likeness (QED) is 0.879. The summed E-state index contributed by atoms with van der Waals surface area (Å²) >= 11 is 3.63. The minimum atomic E-state index is 0.144. The van der Waals surface area contributed by atoms with Crippen LogP contribution in [0.3, 0.4) is 0 Å². The van der Waals surface area contributed by atoms with E-state index in [1.807, 2.05) is 19.2 Å². The molecule has 0 saturated carbocycles. The number of methoxy groups -OCH3 is 1. The average molecular weight is 334 g/mol. The normalized spacial score (nSPS) is 12.2. The lowest BCUT2D eigenvalue weighted by Gasteiger charge is -2.20. The number of hydrogen-bond donors (Lipinski definition) is 1. The highest BCUT2D eigenvalue weighted by Gasteiger charge is 2.15. The molecule has 106 valence electrons. The van der Waals surface area contributed by atoms with Crippen LogP contribution in [-0.2, 0) is 6.42 Å². The lowest BCUT2D eigenvalue weighted by atomic mass is 9.97. The lowest BCUT2D eigenvalue weighted by molar-refractivity contribution is 0.413. The van der Waals surface area contributed by atoms with Crippen molar-refractivity contribution in [3.05, 3.63) is 63.6 Å². The standard InChI is InChI=1S/C17H20BrNO/c1-4-12-5-7-13(8-6-12)17(19-2)15-11-14(20-3)9-10-16(15)18/h5-11,17,19H,4H2,1-3H3. The maximum absolute atomic E-state index is 5.33. The van der Waals surface area contributed by atoms with Crippen LogP contribution in [0.2, 0.25) is 0 Å². The second-order valence-corrected chi connectivity index (χ2v) is 5.56. The molecular formula is C17H20BrNO. The zero-order chi connectivity index (χ0) is 14.5. The van der Waals surface area contributed by atoms with Crippen molar-refractivity contribution in [1.29, 1.82) is 0 Å². The Hall–Kier alpha value is -1.32. The molecule has 3 heteroatoms. The molecule has 2 rings (SSSR count). The molecule has 20 heavy (non-hydrogen) atoms. The van der Waals surface area contributed by atoms with E-state index < -0.39 is 0 Å². The van der Waals surface area contributed by atoms with Crippen LogP contribution >= 0.6 is 15.9 Å². The van der Waals surface area contributed by atoms with E-state index in [1.165, 1.54) is 16.7 Å². The van der Waals surface area contributed by atoms with E-state index in [4.69, 9.17) is 4.74 Å². The van der Waals surface area contributed by atoms with Gasteiger partial charge in [-0.25, -0.2) is 0 Å². The second-order valence-electron chi connectivity index (χ2n) is 4.70. The first-order valence-electron chi connectivity index (χ1n) is 6.79. The molecule has 0 aliphatic heterocycles. The van der Waals surface area contributed by atoms with Gasteiger partial charge in [-0.05, 0) is 48.4 Å². The molecule has 1 atom stereocenters. The summed E-state index contributed by atoms with van der Waals surface area (Å²) in [7, 11) is 3.67. The average Bonchev–Trinajstić information content (AvgIpc) is 2.50. The summed E-state index contributed by atoms with van der Waals surface area (Å²) in [6, 6.07) is 14.9. The van der Waals surface area contributed by atoms with Crippen molar-refractivity contribution in [2.45, 2.75) is 19.4 Å². The number of halogens is 1. The smallest absolute Gasteiger partial charge is 0.119 e. The molecular weight excluding hydrogens is 314 g/mol. The number of rotatable bonds is 5. The Kier molecular flexibility index (Phi) is 5.21. The van der Waals surface area contributed by atoms with Gasteiger partial charge in [-0.15, -0.1) is 0 Å². The van der Waals surface area contributed by atoms with E-state index in [2.05, 4.69) is 58.5 Å². The zero-order valence-electron chi connectivity index (χ0n) is 12.1. The summed E-state index contributed by atoms with van der Waals surface area (Å²) in [5, 5.41) is 3.38. The number of aryl methyl sites for hydroxylation is 1. The maximum atomic E-state index is 5.33. The fourth-order valence-corrected chi connectivity index (χ4v) is 2.79. The van der Waals surface area contributed by atoms with Gasteiger partial charge in [0.15, 0.2) is 0 Å². The Labute approximate surface area is 129 Å². The van der Waals surface area contributed by atoms with Gasteiger partial charge in [0.25, 0.3) is 0 Å². The highest BCUT2D eigenvalue weighted by atomic mass is 79.9. The summed E-state index contributed by atoms with van der Waals surface area (Å²) in [5.74, 6) is 0.869. The van der Waals surface area contributed by atoms with E-state index in [1.54, 1.807) is 7.11 Å². The Bertz CT molecular complexity index is 566. The molecule has 0 aromatic heterocycles. The largest absolute Gasteiger partial charge is 0.497 e. The molecule has 0 fully saturated rings. The van der Waals surface area contributed by atoms with Gasteiger partial charge in [0.1, 0.15) is 5.75 Å². The van der Waals surface area contributed by atoms with Crippen molar-refractivity contribution in [2.75, 3.05) is 14.2 Å². The molecule has 0 radical (unpaired) electrons. The zero-order valence-corrected chi connectivity index (χ0v) is 13.7.